The number of carbonyl (C=O) groups is 1. The van der Waals surface area contributed by atoms with Gasteiger partial charge in [-0.2, -0.15) is 0 Å². The number of hydrogen-bond donors (Lipinski definition) is 0. The summed E-state index contributed by atoms with van der Waals surface area (Å²) in [6.07, 6.45) is 2.58. The number of aryl methyl sites for hydroxylation is 1. The van der Waals surface area contributed by atoms with Crippen molar-refractivity contribution in [3.8, 4) is 0 Å². The van der Waals surface area contributed by atoms with E-state index in [1.165, 1.54) is 0 Å². The quantitative estimate of drug-likeness (QED) is 0.783. The van der Waals surface area contributed by atoms with Crippen LogP contribution in [0.15, 0.2) is 30.3 Å². The van der Waals surface area contributed by atoms with Crippen molar-refractivity contribution in [3.63, 3.8) is 0 Å². The minimum Gasteiger partial charge on any atom is -0.284 e. The highest BCUT2D eigenvalue weighted by atomic mass is 16.2. The van der Waals surface area contributed by atoms with Crippen LogP contribution in [0.3, 0.4) is 0 Å². The molecule has 2 heteroatoms. The third kappa shape index (κ3) is 3.06. The fourth-order valence-electron chi connectivity index (χ4n) is 2.48. The molecule has 2 nitrogen and oxygen atoms in total. The molecule has 0 N–H and O–H groups in total. The van der Waals surface area contributed by atoms with Crippen molar-refractivity contribution in [1.29, 1.82) is 0 Å². The first-order valence-corrected chi connectivity index (χ1v) is 7.05. The molecule has 0 bridgehead atoms. The summed E-state index contributed by atoms with van der Waals surface area (Å²) in [6.45, 7) is 8.47. The molecule has 0 radical (unpaired) electrons. The number of fused-ring (bicyclic) bond motifs is 1. The number of nitrogens with zero attached hydrogens (tertiary/aromatic N) is 1. The molecular formula is C17H23NO. The first kappa shape index (κ1) is 13.9. The zero-order valence-electron chi connectivity index (χ0n) is 12.4. The average Bonchev–Trinajstić information content (AvgIpc) is 2.65. The Labute approximate surface area is 115 Å². The minimum absolute atomic E-state index is 0.0198. The van der Waals surface area contributed by atoms with E-state index in [0.717, 1.165) is 29.4 Å². The van der Waals surface area contributed by atoms with Gasteiger partial charge in [0.25, 0.3) is 0 Å². The van der Waals surface area contributed by atoms with Crippen molar-refractivity contribution in [2.24, 2.45) is 5.41 Å². The molecule has 0 atom stereocenters. The molecule has 2 aromatic rings. The van der Waals surface area contributed by atoms with Crippen LogP contribution in [0.2, 0.25) is 0 Å². The fraction of sp³-hybridized carbons (Fsp3) is 0.471. The Balaban J connectivity index is 2.50. The van der Waals surface area contributed by atoms with Gasteiger partial charge in [-0.05, 0) is 24.0 Å². The summed E-state index contributed by atoms with van der Waals surface area (Å²) in [5.74, 6) is 0.206. The fourth-order valence-corrected chi connectivity index (χ4v) is 2.48. The van der Waals surface area contributed by atoms with Gasteiger partial charge in [0.1, 0.15) is 0 Å². The number of carbonyl (C=O) groups excluding carboxylic acids is 1. The van der Waals surface area contributed by atoms with Gasteiger partial charge in [0.2, 0.25) is 5.91 Å². The molecule has 0 amide bonds. The predicted molar refractivity (Wildman–Crippen MR) is 80.6 cm³/mol. The van der Waals surface area contributed by atoms with Crippen LogP contribution in [0, 0.1) is 5.41 Å². The van der Waals surface area contributed by atoms with E-state index in [9.17, 15) is 4.79 Å². The van der Waals surface area contributed by atoms with E-state index < -0.39 is 0 Å². The van der Waals surface area contributed by atoms with Crippen molar-refractivity contribution in [2.75, 3.05) is 0 Å². The molecule has 0 aliphatic rings. The summed E-state index contributed by atoms with van der Waals surface area (Å²) >= 11 is 0. The number of aromatic nitrogens is 1. The Morgan fingerprint density at radius 3 is 2.53 bits per heavy atom. The van der Waals surface area contributed by atoms with Crippen LogP contribution >= 0.6 is 0 Å². The molecule has 0 saturated carbocycles. The Kier molecular flexibility index (Phi) is 3.79. The standard InChI is InChI=1S/C17H23NO/c1-5-8-14-11-13-9-6-7-10-15(13)18(14)16(19)12-17(2,3)4/h6-7,9-11H,5,8,12H2,1-4H3. The van der Waals surface area contributed by atoms with Crippen LogP contribution in [-0.2, 0) is 6.42 Å². The van der Waals surface area contributed by atoms with Crippen molar-refractivity contribution in [3.05, 3.63) is 36.0 Å². The van der Waals surface area contributed by atoms with Crippen molar-refractivity contribution < 1.29 is 4.79 Å². The Hall–Kier alpha value is -1.57. The maximum atomic E-state index is 12.6. The SMILES string of the molecule is CCCc1cc2ccccc2n1C(=O)CC(C)(C)C. The summed E-state index contributed by atoms with van der Waals surface area (Å²) in [5.41, 5.74) is 2.20. The summed E-state index contributed by atoms with van der Waals surface area (Å²) in [5, 5.41) is 1.16. The molecule has 0 saturated heterocycles. The Morgan fingerprint density at radius 1 is 1.21 bits per heavy atom. The monoisotopic (exact) mass is 257 g/mol. The maximum Gasteiger partial charge on any atom is 0.231 e. The molecule has 2 rings (SSSR count). The molecule has 0 fully saturated rings. The van der Waals surface area contributed by atoms with Crippen molar-refractivity contribution >= 4 is 16.8 Å². The van der Waals surface area contributed by atoms with Crippen LogP contribution in [0.1, 0.15) is 51.0 Å². The zero-order chi connectivity index (χ0) is 14.0. The predicted octanol–water partition coefficient (Wildman–Crippen LogP) is 4.67. The van der Waals surface area contributed by atoms with Gasteiger partial charge in [0.05, 0.1) is 5.52 Å². The molecule has 1 aromatic heterocycles. The molecular weight excluding hydrogens is 234 g/mol. The Morgan fingerprint density at radius 2 is 1.89 bits per heavy atom. The molecule has 0 aliphatic carbocycles. The van der Waals surface area contributed by atoms with E-state index in [1.54, 1.807) is 0 Å². The maximum absolute atomic E-state index is 12.6. The van der Waals surface area contributed by atoms with E-state index in [2.05, 4.69) is 39.8 Å². The van der Waals surface area contributed by atoms with E-state index in [4.69, 9.17) is 0 Å². The lowest BCUT2D eigenvalue weighted by molar-refractivity contribution is 0.0859. The normalized spacial score (nSPS) is 12.0. The molecule has 0 unspecified atom stereocenters. The second-order valence-corrected chi connectivity index (χ2v) is 6.41. The molecule has 1 heterocycles. The Bertz CT molecular complexity index is 587. The molecule has 1 aromatic carbocycles. The first-order chi connectivity index (χ1) is 8.92. The van der Waals surface area contributed by atoms with Gasteiger partial charge in [-0.25, -0.2) is 0 Å². The highest BCUT2D eigenvalue weighted by Crippen LogP contribution is 2.25. The molecule has 0 aliphatic heterocycles. The van der Waals surface area contributed by atoms with Crippen LogP contribution in [0.4, 0.5) is 0 Å². The topological polar surface area (TPSA) is 22.0 Å². The van der Waals surface area contributed by atoms with Crippen molar-refractivity contribution in [1.82, 2.24) is 4.57 Å². The lowest BCUT2D eigenvalue weighted by atomic mass is 9.92. The second kappa shape index (κ2) is 5.20. The number of benzene rings is 1. The highest BCUT2D eigenvalue weighted by Gasteiger charge is 2.20. The number of hydrogen-bond acceptors (Lipinski definition) is 1. The number of para-hydroxylation sites is 1. The van der Waals surface area contributed by atoms with Gasteiger partial charge in [-0.1, -0.05) is 52.3 Å². The summed E-state index contributed by atoms with van der Waals surface area (Å²) in [4.78, 5) is 12.6. The smallest absolute Gasteiger partial charge is 0.231 e. The van der Waals surface area contributed by atoms with Crippen molar-refractivity contribution in [2.45, 2.75) is 47.0 Å². The van der Waals surface area contributed by atoms with Gasteiger partial charge in [-0.3, -0.25) is 9.36 Å². The summed E-state index contributed by atoms with van der Waals surface area (Å²) in [7, 11) is 0. The summed E-state index contributed by atoms with van der Waals surface area (Å²) in [6, 6.07) is 10.3. The van der Waals surface area contributed by atoms with E-state index in [0.29, 0.717) is 6.42 Å². The highest BCUT2D eigenvalue weighted by molar-refractivity contribution is 5.94. The molecule has 102 valence electrons. The summed E-state index contributed by atoms with van der Waals surface area (Å²) < 4.78 is 1.92. The lowest BCUT2D eigenvalue weighted by Crippen LogP contribution is -2.20. The van der Waals surface area contributed by atoms with Crippen LogP contribution in [0.25, 0.3) is 10.9 Å². The van der Waals surface area contributed by atoms with Crippen LogP contribution in [-0.4, -0.2) is 10.5 Å². The number of rotatable bonds is 3. The third-order valence-electron chi connectivity index (χ3n) is 3.22. The second-order valence-electron chi connectivity index (χ2n) is 6.41. The van der Waals surface area contributed by atoms with Gasteiger partial charge < -0.3 is 0 Å². The van der Waals surface area contributed by atoms with Gasteiger partial charge in [0, 0.05) is 17.5 Å². The van der Waals surface area contributed by atoms with Gasteiger partial charge in [0.15, 0.2) is 0 Å². The van der Waals surface area contributed by atoms with Crippen LogP contribution in [0.5, 0.6) is 0 Å². The third-order valence-corrected chi connectivity index (χ3v) is 3.22. The average molecular weight is 257 g/mol. The minimum atomic E-state index is 0.0198. The van der Waals surface area contributed by atoms with E-state index >= 15 is 0 Å². The van der Waals surface area contributed by atoms with Crippen LogP contribution < -0.4 is 0 Å². The molecule has 19 heavy (non-hydrogen) atoms. The first-order valence-electron chi connectivity index (χ1n) is 7.05. The largest absolute Gasteiger partial charge is 0.284 e. The molecule has 0 spiro atoms. The van der Waals surface area contributed by atoms with Gasteiger partial charge in [-0.15, -0.1) is 0 Å². The lowest BCUT2D eigenvalue weighted by Gasteiger charge is -2.18. The van der Waals surface area contributed by atoms with Gasteiger partial charge >= 0.3 is 0 Å². The van der Waals surface area contributed by atoms with E-state index in [1.807, 2.05) is 22.8 Å². The van der Waals surface area contributed by atoms with E-state index in [-0.39, 0.29) is 11.3 Å². The zero-order valence-corrected chi connectivity index (χ0v) is 12.4.